The van der Waals surface area contributed by atoms with Crippen LogP contribution >= 0.6 is 0 Å². The monoisotopic (exact) mass is 446 g/mol. The highest BCUT2D eigenvalue weighted by Gasteiger charge is 2.48. The predicted molar refractivity (Wildman–Crippen MR) is 113 cm³/mol. The summed E-state index contributed by atoms with van der Waals surface area (Å²) in [5.41, 5.74) is 0.940. The first-order valence-corrected chi connectivity index (χ1v) is 11.9. The number of aromatic nitrogens is 2. The van der Waals surface area contributed by atoms with Gasteiger partial charge >= 0.3 is 0 Å². The number of Topliss-reactive ketones (excluding diaryl/α,β-unsaturated/α-hetero) is 1. The molecule has 1 aliphatic heterocycles. The van der Waals surface area contributed by atoms with E-state index in [1.165, 1.54) is 41.8 Å². The lowest BCUT2D eigenvalue weighted by Gasteiger charge is -2.37. The summed E-state index contributed by atoms with van der Waals surface area (Å²) in [7, 11) is -3.49. The number of anilines is 2. The van der Waals surface area contributed by atoms with Crippen LogP contribution in [0.2, 0.25) is 0 Å². The molecule has 8 nitrogen and oxygen atoms in total. The molecule has 1 fully saturated rings. The predicted octanol–water partition coefficient (Wildman–Crippen LogP) is 2.66. The molecule has 0 atom stereocenters. The minimum atomic E-state index is -3.49. The number of benzene rings is 1. The summed E-state index contributed by atoms with van der Waals surface area (Å²) in [5, 5.41) is 2.73. The van der Waals surface area contributed by atoms with Gasteiger partial charge in [-0.05, 0) is 49.4 Å². The molecule has 0 saturated heterocycles. The number of hydrogen-bond acceptors (Lipinski definition) is 6. The first kappa shape index (κ1) is 21.4. The highest BCUT2D eigenvalue weighted by atomic mass is 32.2. The topological polar surface area (TPSA) is 109 Å². The molecule has 1 amide bonds. The number of sulfonamides is 1. The molecule has 2 aromatic rings. The van der Waals surface area contributed by atoms with Crippen LogP contribution < -0.4 is 9.62 Å². The molecule has 10 heteroatoms. The lowest BCUT2D eigenvalue weighted by atomic mass is 9.67. The number of amides is 1. The van der Waals surface area contributed by atoms with Gasteiger partial charge < -0.3 is 5.32 Å². The van der Waals surface area contributed by atoms with E-state index >= 15 is 0 Å². The maximum absolute atomic E-state index is 14.0. The van der Waals surface area contributed by atoms with E-state index in [-0.39, 0.29) is 35.7 Å². The van der Waals surface area contributed by atoms with Crippen LogP contribution in [0, 0.1) is 11.7 Å². The van der Waals surface area contributed by atoms with Gasteiger partial charge in [-0.3, -0.25) is 13.9 Å². The Kier molecular flexibility index (Phi) is 5.28. The van der Waals surface area contributed by atoms with E-state index in [9.17, 15) is 22.4 Å². The standard InChI is InChI=1S/C21H23FN4O4S/c1-13(27)17-10-24-19(11-23-17)25-20(28)14-5-7-21(8-6-14)12-26(31(2,29)30)18-4-3-15(22)9-16(18)21/h3-4,9-11,14H,5-8,12H2,1-2H3,(H,24,25,28). The third-order valence-corrected chi connectivity index (χ3v) is 7.35. The van der Waals surface area contributed by atoms with Crippen molar-refractivity contribution in [1.29, 1.82) is 0 Å². The Balaban J connectivity index is 1.48. The molecule has 1 aliphatic carbocycles. The first-order valence-electron chi connectivity index (χ1n) is 10.0. The Bertz CT molecular complexity index is 1140. The average Bonchev–Trinajstić information content (AvgIpc) is 3.03. The molecule has 31 heavy (non-hydrogen) atoms. The smallest absolute Gasteiger partial charge is 0.232 e. The van der Waals surface area contributed by atoms with Crippen LogP contribution in [0.5, 0.6) is 0 Å². The van der Waals surface area contributed by atoms with Gasteiger partial charge in [-0.2, -0.15) is 0 Å². The number of rotatable bonds is 4. The quantitative estimate of drug-likeness (QED) is 0.723. The second-order valence-electron chi connectivity index (χ2n) is 8.32. The molecular weight excluding hydrogens is 423 g/mol. The molecule has 1 saturated carbocycles. The highest BCUT2D eigenvalue weighted by molar-refractivity contribution is 7.92. The van der Waals surface area contributed by atoms with Gasteiger partial charge in [0.1, 0.15) is 11.5 Å². The Hall–Kier alpha value is -2.88. The molecule has 0 unspecified atom stereocenters. The second kappa shape index (κ2) is 7.67. The van der Waals surface area contributed by atoms with E-state index in [4.69, 9.17) is 0 Å². The summed E-state index contributed by atoms with van der Waals surface area (Å²) in [4.78, 5) is 32.0. The van der Waals surface area contributed by atoms with Gasteiger partial charge in [0.05, 0.1) is 24.3 Å². The van der Waals surface area contributed by atoms with Gasteiger partial charge in [0, 0.05) is 24.8 Å². The van der Waals surface area contributed by atoms with Crippen LogP contribution in [0.4, 0.5) is 15.9 Å². The Morgan fingerprint density at radius 2 is 1.90 bits per heavy atom. The van der Waals surface area contributed by atoms with Gasteiger partial charge in [-0.25, -0.2) is 22.8 Å². The fourth-order valence-corrected chi connectivity index (χ4v) is 5.55. The molecule has 1 spiro atoms. The molecule has 2 heterocycles. The number of carbonyl (C=O) groups is 2. The minimum absolute atomic E-state index is 0.197. The van der Waals surface area contributed by atoms with Gasteiger partial charge in [0.25, 0.3) is 0 Å². The number of nitrogens with one attached hydrogen (secondary N) is 1. The molecule has 1 N–H and O–H groups in total. The zero-order valence-electron chi connectivity index (χ0n) is 17.3. The number of nitrogens with zero attached hydrogens (tertiary/aromatic N) is 3. The summed E-state index contributed by atoms with van der Waals surface area (Å²) < 4.78 is 39.9. The van der Waals surface area contributed by atoms with Crippen molar-refractivity contribution in [3.63, 3.8) is 0 Å². The number of halogens is 1. The summed E-state index contributed by atoms with van der Waals surface area (Å²) in [6, 6.07) is 4.21. The minimum Gasteiger partial charge on any atom is -0.309 e. The lowest BCUT2D eigenvalue weighted by Crippen LogP contribution is -2.41. The fraction of sp³-hybridized carbons (Fsp3) is 0.429. The molecular formula is C21H23FN4O4S. The fourth-order valence-electron chi connectivity index (χ4n) is 4.55. The van der Waals surface area contributed by atoms with E-state index < -0.39 is 21.3 Å². The van der Waals surface area contributed by atoms with Crippen LogP contribution in [0.25, 0.3) is 0 Å². The van der Waals surface area contributed by atoms with Crippen molar-refractivity contribution in [1.82, 2.24) is 9.97 Å². The number of carbonyl (C=O) groups excluding carboxylic acids is 2. The zero-order valence-corrected chi connectivity index (χ0v) is 18.1. The van der Waals surface area contributed by atoms with Gasteiger partial charge in [0.2, 0.25) is 15.9 Å². The number of fused-ring (bicyclic) bond motifs is 2. The summed E-state index contributed by atoms with van der Waals surface area (Å²) in [5.74, 6) is -0.812. The van der Waals surface area contributed by atoms with E-state index in [0.29, 0.717) is 36.9 Å². The van der Waals surface area contributed by atoms with Crippen molar-refractivity contribution in [2.24, 2.45) is 5.92 Å². The van der Waals surface area contributed by atoms with Gasteiger partial charge in [-0.1, -0.05) is 0 Å². The van der Waals surface area contributed by atoms with Crippen molar-refractivity contribution in [2.75, 3.05) is 22.4 Å². The van der Waals surface area contributed by atoms with E-state index in [1.807, 2.05) is 0 Å². The first-order chi connectivity index (χ1) is 14.6. The van der Waals surface area contributed by atoms with Crippen LogP contribution in [-0.2, 0) is 20.2 Å². The van der Waals surface area contributed by atoms with E-state index in [2.05, 4.69) is 15.3 Å². The molecule has 0 bridgehead atoms. The van der Waals surface area contributed by atoms with Crippen molar-refractivity contribution < 1.29 is 22.4 Å². The Morgan fingerprint density at radius 3 is 2.48 bits per heavy atom. The normalized spacial score (nSPS) is 22.9. The summed E-state index contributed by atoms with van der Waals surface area (Å²) >= 11 is 0. The molecule has 2 aliphatic rings. The Morgan fingerprint density at radius 1 is 1.19 bits per heavy atom. The van der Waals surface area contributed by atoms with Gasteiger partial charge in [0.15, 0.2) is 11.6 Å². The molecule has 164 valence electrons. The third-order valence-electron chi connectivity index (χ3n) is 6.22. The van der Waals surface area contributed by atoms with Crippen LogP contribution in [0.15, 0.2) is 30.6 Å². The molecule has 1 aromatic carbocycles. The molecule has 4 rings (SSSR count). The van der Waals surface area contributed by atoms with Crippen LogP contribution in [0.3, 0.4) is 0 Å². The van der Waals surface area contributed by atoms with Crippen molar-refractivity contribution in [3.8, 4) is 0 Å². The zero-order chi connectivity index (χ0) is 22.4. The average molecular weight is 447 g/mol. The second-order valence-corrected chi connectivity index (χ2v) is 10.2. The SMILES string of the molecule is CC(=O)c1cnc(NC(=O)C2CCC3(CC2)CN(S(C)(=O)=O)c2ccc(F)cc23)cn1. The van der Waals surface area contributed by atoms with Crippen LogP contribution in [-0.4, -0.2) is 42.9 Å². The maximum atomic E-state index is 14.0. The van der Waals surface area contributed by atoms with Crippen molar-refractivity contribution in [2.45, 2.75) is 38.0 Å². The largest absolute Gasteiger partial charge is 0.309 e. The summed E-state index contributed by atoms with van der Waals surface area (Å²) in [6.45, 7) is 1.65. The van der Waals surface area contributed by atoms with Crippen molar-refractivity contribution in [3.05, 3.63) is 47.7 Å². The van der Waals surface area contributed by atoms with Crippen molar-refractivity contribution >= 4 is 33.2 Å². The van der Waals surface area contributed by atoms with E-state index in [0.717, 1.165) is 6.26 Å². The van der Waals surface area contributed by atoms with Crippen LogP contribution in [0.1, 0.15) is 48.7 Å². The summed E-state index contributed by atoms with van der Waals surface area (Å²) in [6.07, 6.45) is 6.04. The third kappa shape index (κ3) is 4.04. The molecule has 1 aromatic heterocycles. The van der Waals surface area contributed by atoms with E-state index in [1.54, 1.807) is 0 Å². The molecule has 0 radical (unpaired) electrons. The Labute approximate surface area is 179 Å². The number of ketones is 1. The van der Waals surface area contributed by atoms with Gasteiger partial charge in [-0.15, -0.1) is 0 Å². The maximum Gasteiger partial charge on any atom is 0.232 e. The highest BCUT2D eigenvalue weighted by Crippen LogP contribution is 2.51. The number of hydrogen-bond donors (Lipinski definition) is 1. The lowest BCUT2D eigenvalue weighted by molar-refractivity contribution is -0.121.